The standard InChI is InChI=1S/C17H18F3N3O4/c1-10-14(24)23-8-7-22(9-13(23)16(26)21(10)2)15(25)11-3-5-12(6-4-11)27-17(18,19)20/h3-6,10,13H,7-9H2,1-2H3/t10-,13+/m0/s1. The molecule has 2 aliphatic rings. The van der Waals surface area contributed by atoms with Gasteiger partial charge in [-0.3, -0.25) is 14.4 Å². The van der Waals surface area contributed by atoms with Crippen LogP contribution in [0.1, 0.15) is 17.3 Å². The van der Waals surface area contributed by atoms with Gasteiger partial charge in [-0.1, -0.05) is 0 Å². The molecule has 0 spiro atoms. The molecule has 2 aliphatic heterocycles. The Balaban J connectivity index is 1.72. The highest BCUT2D eigenvalue weighted by Crippen LogP contribution is 2.25. The molecule has 10 heteroatoms. The van der Waals surface area contributed by atoms with Crippen LogP contribution in [0.25, 0.3) is 0 Å². The highest BCUT2D eigenvalue weighted by Gasteiger charge is 2.45. The minimum Gasteiger partial charge on any atom is -0.406 e. The van der Waals surface area contributed by atoms with Gasteiger partial charge in [0.25, 0.3) is 5.91 Å². The first kappa shape index (κ1) is 19.0. The van der Waals surface area contributed by atoms with Gasteiger partial charge in [-0.15, -0.1) is 13.2 Å². The number of hydrogen-bond donors (Lipinski definition) is 0. The van der Waals surface area contributed by atoms with Crippen LogP contribution < -0.4 is 4.74 Å². The number of benzene rings is 1. The molecular weight excluding hydrogens is 367 g/mol. The Labute approximate surface area is 153 Å². The molecule has 3 amide bonds. The highest BCUT2D eigenvalue weighted by molar-refractivity contribution is 5.99. The molecule has 27 heavy (non-hydrogen) atoms. The quantitative estimate of drug-likeness (QED) is 0.765. The zero-order valence-electron chi connectivity index (χ0n) is 14.7. The topological polar surface area (TPSA) is 70.2 Å². The average Bonchev–Trinajstić information content (AvgIpc) is 2.63. The summed E-state index contributed by atoms with van der Waals surface area (Å²) in [6.45, 7) is 2.17. The molecule has 0 bridgehead atoms. The number of fused-ring (bicyclic) bond motifs is 1. The van der Waals surface area contributed by atoms with Crippen molar-refractivity contribution in [2.75, 3.05) is 26.7 Å². The molecule has 0 N–H and O–H groups in total. The maximum Gasteiger partial charge on any atom is 0.573 e. The Kier molecular flexibility index (Phi) is 4.75. The molecule has 0 aromatic heterocycles. The zero-order chi connectivity index (χ0) is 19.9. The van der Waals surface area contributed by atoms with E-state index in [1.165, 1.54) is 26.8 Å². The Morgan fingerprint density at radius 3 is 2.33 bits per heavy atom. The Hall–Kier alpha value is -2.78. The third-order valence-electron chi connectivity index (χ3n) is 4.86. The summed E-state index contributed by atoms with van der Waals surface area (Å²) in [4.78, 5) is 41.7. The third-order valence-corrected chi connectivity index (χ3v) is 4.86. The highest BCUT2D eigenvalue weighted by atomic mass is 19.4. The number of carbonyl (C=O) groups is 3. The molecule has 0 unspecified atom stereocenters. The minimum atomic E-state index is -4.81. The lowest BCUT2D eigenvalue weighted by Crippen LogP contribution is -2.69. The maximum absolute atomic E-state index is 12.6. The van der Waals surface area contributed by atoms with Crippen molar-refractivity contribution in [3.63, 3.8) is 0 Å². The summed E-state index contributed by atoms with van der Waals surface area (Å²) in [5, 5.41) is 0. The molecule has 1 aromatic carbocycles. The summed E-state index contributed by atoms with van der Waals surface area (Å²) >= 11 is 0. The number of likely N-dealkylation sites (N-methyl/N-ethyl adjacent to an activating group) is 1. The third kappa shape index (κ3) is 3.69. The first-order valence-corrected chi connectivity index (χ1v) is 8.30. The van der Waals surface area contributed by atoms with Gasteiger partial charge in [0.2, 0.25) is 11.8 Å². The SMILES string of the molecule is C[C@H]1C(=O)N2CCN(C(=O)c3ccc(OC(F)(F)F)cc3)C[C@@H]2C(=O)N1C. The van der Waals surface area contributed by atoms with Crippen molar-refractivity contribution >= 4 is 17.7 Å². The van der Waals surface area contributed by atoms with Crippen molar-refractivity contribution in [1.82, 2.24) is 14.7 Å². The summed E-state index contributed by atoms with van der Waals surface area (Å²) in [6, 6.07) is 3.29. The molecule has 2 atom stereocenters. The normalized spacial score (nSPS) is 23.4. The van der Waals surface area contributed by atoms with Gasteiger partial charge in [0, 0.05) is 25.7 Å². The van der Waals surface area contributed by atoms with E-state index in [4.69, 9.17) is 0 Å². The fourth-order valence-electron chi connectivity index (χ4n) is 3.26. The van der Waals surface area contributed by atoms with E-state index in [1.807, 2.05) is 0 Å². The van der Waals surface area contributed by atoms with Crippen LogP contribution in [-0.4, -0.2) is 77.5 Å². The van der Waals surface area contributed by atoms with E-state index in [0.29, 0.717) is 0 Å². The molecular formula is C17H18F3N3O4. The second-order valence-corrected chi connectivity index (χ2v) is 6.50. The average molecular weight is 385 g/mol. The molecule has 146 valence electrons. The number of nitrogens with zero attached hydrogens (tertiary/aromatic N) is 3. The van der Waals surface area contributed by atoms with E-state index in [1.54, 1.807) is 14.0 Å². The van der Waals surface area contributed by atoms with E-state index in [0.717, 1.165) is 12.1 Å². The molecule has 0 radical (unpaired) electrons. The summed E-state index contributed by atoms with van der Waals surface area (Å²) in [6.07, 6.45) is -4.81. The fourth-order valence-corrected chi connectivity index (χ4v) is 3.26. The van der Waals surface area contributed by atoms with Gasteiger partial charge in [0.05, 0.1) is 6.54 Å². The number of alkyl halides is 3. The van der Waals surface area contributed by atoms with Gasteiger partial charge in [0.1, 0.15) is 17.8 Å². The summed E-state index contributed by atoms with van der Waals surface area (Å²) < 4.78 is 40.4. The number of ether oxygens (including phenoxy) is 1. The lowest BCUT2D eigenvalue weighted by atomic mass is 10.0. The number of rotatable bonds is 2. The lowest BCUT2D eigenvalue weighted by Gasteiger charge is -2.47. The smallest absolute Gasteiger partial charge is 0.406 e. The van der Waals surface area contributed by atoms with Crippen molar-refractivity contribution in [3.8, 4) is 5.75 Å². The van der Waals surface area contributed by atoms with Crippen molar-refractivity contribution in [2.45, 2.75) is 25.4 Å². The summed E-state index contributed by atoms with van der Waals surface area (Å²) in [5.74, 6) is -1.25. The molecule has 0 aliphatic carbocycles. The van der Waals surface area contributed by atoms with E-state index < -0.39 is 30.1 Å². The van der Waals surface area contributed by atoms with Crippen LogP contribution in [0.4, 0.5) is 13.2 Å². The largest absolute Gasteiger partial charge is 0.573 e. The monoisotopic (exact) mass is 385 g/mol. The lowest BCUT2D eigenvalue weighted by molar-refractivity contribution is -0.274. The van der Waals surface area contributed by atoms with Crippen LogP contribution in [0.2, 0.25) is 0 Å². The van der Waals surface area contributed by atoms with Crippen LogP contribution in [-0.2, 0) is 9.59 Å². The summed E-state index contributed by atoms with van der Waals surface area (Å²) in [5.41, 5.74) is 0.175. The van der Waals surface area contributed by atoms with Crippen molar-refractivity contribution in [3.05, 3.63) is 29.8 Å². The number of hydrogen-bond acceptors (Lipinski definition) is 4. The van der Waals surface area contributed by atoms with Crippen molar-refractivity contribution in [2.24, 2.45) is 0 Å². The van der Waals surface area contributed by atoms with Gasteiger partial charge < -0.3 is 19.4 Å². The molecule has 3 rings (SSSR count). The molecule has 7 nitrogen and oxygen atoms in total. The van der Waals surface area contributed by atoms with Crippen LogP contribution in [0, 0.1) is 0 Å². The predicted molar refractivity (Wildman–Crippen MR) is 86.8 cm³/mol. The van der Waals surface area contributed by atoms with Crippen LogP contribution in [0.5, 0.6) is 5.75 Å². The van der Waals surface area contributed by atoms with Crippen molar-refractivity contribution in [1.29, 1.82) is 0 Å². The van der Waals surface area contributed by atoms with Gasteiger partial charge >= 0.3 is 6.36 Å². The number of piperazine rings is 2. The number of halogens is 3. The van der Waals surface area contributed by atoms with E-state index >= 15 is 0 Å². The van der Waals surface area contributed by atoms with Gasteiger partial charge in [-0.25, -0.2) is 0 Å². The van der Waals surface area contributed by atoms with Crippen LogP contribution >= 0.6 is 0 Å². The van der Waals surface area contributed by atoms with Gasteiger partial charge in [0.15, 0.2) is 0 Å². The van der Waals surface area contributed by atoms with Gasteiger partial charge in [-0.05, 0) is 31.2 Å². The maximum atomic E-state index is 12.6. The minimum absolute atomic E-state index is 0.0429. The second-order valence-electron chi connectivity index (χ2n) is 6.50. The zero-order valence-corrected chi connectivity index (χ0v) is 14.7. The molecule has 0 saturated carbocycles. The fraction of sp³-hybridized carbons (Fsp3) is 0.471. The Morgan fingerprint density at radius 2 is 1.74 bits per heavy atom. The predicted octanol–water partition coefficient (Wildman–Crippen LogP) is 1.10. The molecule has 2 saturated heterocycles. The van der Waals surface area contributed by atoms with E-state index in [-0.39, 0.29) is 37.0 Å². The first-order valence-electron chi connectivity index (χ1n) is 8.30. The van der Waals surface area contributed by atoms with Crippen LogP contribution in [0.3, 0.4) is 0 Å². The molecule has 2 heterocycles. The van der Waals surface area contributed by atoms with Crippen LogP contribution in [0.15, 0.2) is 24.3 Å². The molecule has 1 aromatic rings. The first-order chi connectivity index (χ1) is 12.6. The Bertz CT molecular complexity index is 766. The van der Waals surface area contributed by atoms with Gasteiger partial charge in [-0.2, -0.15) is 0 Å². The summed E-state index contributed by atoms with van der Waals surface area (Å²) in [7, 11) is 1.54. The molecule has 2 fully saturated rings. The van der Waals surface area contributed by atoms with E-state index in [9.17, 15) is 27.6 Å². The second kappa shape index (κ2) is 6.75. The van der Waals surface area contributed by atoms with Crippen molar-refractivity contribution < 1.29 is 32.3 Å². The Morgan fingerprint density at radius 1 is 1.11 bits per heavy atom. The number of amides is 3. The van der Waals surface area contributed by atoms with E-state index in [2.05, 4.69) is 4.74 Å². The number of carbonyl (C=O) groups excluding carboxylic acids is 3.